The number of nitrogens with zero attached hydrogens (tertiary/aromatic N) is 2. The smallest absolute Gasteiger partial charge is 0.411 e. The fourth-order valence-electron chi connectivity index (χ4n) is 4.65. The number of hydrogen-bond donors (Lipinski definition) is 6. The molecule has 2 heterocycles. The number of nitrogens with one attached hydrogen (secondary N) is 5. The number of rotatable bonds is 9. The number of aromatic amines is 1. The molecule has 12 nitrogen and oxygen atoms in total. The van der Waals surface area contributed by atoms with Crippen molar-refractivity contribution in [3.8, 4) is 11.3 Å². The molecular weight excluding hydrogens is 607 g/mol. The number of ether oxygens (including phenoxy) is 2. The first-order valence-electron chi connectivity index (χ1n) is 14.2. The standard InChI is InChI=1S/C30H36Cl2N8O4/c1-43-14-15-44-30(42)37-21-9-10-22-25(17-21)34-13-5-3-2-4-6-24(29-39-27(22)28(32)40-29)38-26(41)12-7-19-16-20(31)8-11-23(19)35-18-36-33/h7-12,16-18,24,34H,2-6,13-15,33H2,1H3,(H,35,36)(H,37,42)(H,38,41)(H,39,40)/b12-7+/t24-/m0/s1. The Morgan fingerprint density at radius 2 is 1.98 bits per heavy atom. The molecule has 2 bridgehead atoms. The lowest BCUT2D eigenvalue weighted by Gasteiger charge is -2.15. The van der Waals surface area contributed by atoms with Crippen molar-refractivity contribution >= 4 is 64.7 Å². The van der Waals surface area contributed by atoms with Gasteiger partial charge in [-0.3, -0.25) is 10.1 Å². The molecule has 0 saturated carbocycles. The zero-order valence-electron chi connectivity index (χ0n) is 24.3. The first-order chi connectivity index (χ1) is 21.4. The van der Waals surface area contributed by atoms with Gasteiger partial charge in [-0.15, -0.1) is 0 Å². The van der Waals surface area contributed by atoms with Crippen molar-refractivity contribution in [3.05, 3.63) is 64.0 Å². The molecule has 0 unspecified atom stereocenters. The van der Waals surface area contributed by atoms with Crippen molar-refractivity contribution in [2.24, 2.45) is 10.8 Å². The summed E-state index contributed by atoms with van der Waals surface area (Å²) >= 11 is 12.8. The Morgan fingerprint density at radius 3 is 2.80 bits per heavy atom. The maximum absolute atomic E-state index is 13.1. The number of hydrazine groups is 1. The Labute approximate surface area is 265 Å². The Hall–Kier alpha value is -4.10. The van der Waals surface area contributed by atoms with Crippen LogP contribution in [0.5, 0.6) is 0 Å². The highest BCUT2D eigenvalue weighted by atomic mass is 35.5. The van der Waals surface area contributed by atoms with Crippen LogP contribution in [0.4, 0.5) is 21.9 Å². The number of amides is 2. The first-order valence-corrected chi connectivity index (χ1v) is 15.0. The molecule has 44 heavy (non-hydrogen) atoms. The van der Waals surface area contributed by atoms with E-state index in [0.717, 1.165) is 43.5 Å². The lowest BCUT2D eigenvalue weighted by atomic mass is 10.1. The topological polar surface area (TPSA) is 168 Å². The fraction of sp³-hybridized carbons (Fsp3) is 0.333. The van der Waals surface area contributed by atoms with E-state index in [1.807, 2.05) is 12.1 Å². The highest BCUT2D eigenvalue weighted by Gasteiger charge is 2.22. The quantitative estimate of drug-likeness (QED) is 0.0416. The zero-order chi connectivity index (χ0) is 31.3. The van der Waals surface area contributed by atoms with Gasteiger partial charge in [-0.2, -0.15) is 0 Å². The van der Waals surface area contributed by atoms with Gasteiger partial charge in [0.25, 0.3) is 0 Å². The molecule has 234 valence electrons. The van der Waals surface area contributed by atoms with Crippen LogP contribution in [0.15, 0.2) is 47.5 Å². The van der Waals surface area contributed by atoms with Crippen LogP contribution < -0.4 is 27.2 Å². The molecule has 2 aromatic carbocycles. The normalized spacial score (nSPS) is 15.4. The third-order valence-electron chi connectivity index (χ3n) is 6.78. The van der Waals surface area contributed by atoms with Crippen molar-refractivity contribution in [2.45, 2.75) is 38.1 Å². The molecule has 0 spiro atoms. The van der Waals surface area contributed by atoms with Crippen LogP contribution in [0.25, 0.3) is 17.3 Å². The molecule has 0 radical (unpaired) electrons. The number of methoxy groups -OCH3 is 1. The summed E-state index contributed by atoms with van der Waals surface area (Å²) in [5.41, 5.74) is 6.20. The number of aliphatic imine (C=N–C) groups is 1. The van der Waals surface area contributed by atoms with E-state index in [9.17, 15) is 9.59 Å². The fourth-order valence-corrected chi connectivity index (χ4v) is 5.08. The summed E-state index contributed by atoms with van der Waals surface area (Å²) in [7, 11) is 1.54. The molecule has 0 fully saturated rings. The number of hydrogen-bond acceptors (Lipinski definition) is 8. The van der Waals surface area contributed by atoms with Gasteiger partial charge in [-0.25, -0.2) is 20.6 Å². The molecule has 1 atom stereocenters. The van der Waals surface area contributed by atoms with E-state index in [1.54, 1.807) is 30.3 Å². The van der Waals surface area contributed by atoms with Crippen molar-refractivity contribution in [1.29, 1.82) is 0 Å². The second-order valence-corrected chi connectivity index (χ2v) is 10.8. The molecule has 1 aliphatic heterocycles. The van der Waals surface area contributed by atoms with Gasteiger partial charge in [-0.05, 0) is 55.3 Å². The number of imidazole rings is 1. The second-order valence-electron chi connectivity index (χ2n) is 9.95. The number of anilines is 2. The van der Waals surface area contributed by atoms with Crippen LogP contribution in [0.2, 0.25) is 10.2 Å². The third-order valence-corrected chi connectivity index (χ3v) is 7.29. The van der Waals surface area contributed by atoms with Crippen LogP contribution in [0, 0.1) is 0 Å². The van der Waals surface area contributed by atoms with Crippen LogP contribution in [-0.4, -0.2) is 55.2 Å². The summed E-state index contributed by atoms with van der Waals surface area (Å²) < 4.78 is 10.0. The van der Waals surface area contributed by atoms with Crippen LogP contribution in [0.3, 0.4) is 0 Å². The van der Waals surface area contributed by atoms with Crippen LogP contribution in [0.1, 0.15) is 49.5 Å². The maximum Gasteiger partial charge on any atom is 0.411 e. The highest BCUT2D eigenvalue weighted by Crippen LogP contribution is 2.36. The van der Waals surface area contributed by atoms with Gasteiger partial charge < -0.3 is 30.5 Å². The second kappa shape index (κ2) is 16.7. The van der Waals surface area contributed by atoms with Crippen molar-refractivity contribution in [3.63, 3.8) is 0 Å². The number of carbonyl (C=O) groups is 2. The number of carbonyl (C=O) groups excluding carboxylic acids is 2. The molecule has 7 N–H and O–H groups in total. The van der Waals surface area contributed by atoms with Gasteiger partial charge >= 0.3 is 6.09 Å². The zero-order valence-corrected chi connectivity index (χ0v) is 25.8. The molecular formula is C30H36Cl2N8O4. The molecule has 2 amide bonds. The number of aromatic nitrogens is 2. The summed E-state index contributed by atoms with van der Waals surface area (Å²) in [6, 6.07) is 10.1. The molecule has 4 rings (SSSR count). The number of halogens is 2. The first kappa shape index (κ1) is 32.8. The Bertz CT molecular complexity index is 1490. The SMILES string of the molecule is COCCOC(=O)Nc1ccc2c(c1)NCCCCCC[C@H](NC(=O)/C=C/c1cc(Cl)ccc1N=CNN)c1nc-2c(Cl)[nH]1. The van der Waals surface area contributed by atoms with Gasteiger partial charge in [0.05, 0.1) is 18.3 Å². The minimum atomic E-state index is -0.578. The predicted octanol–water partition coefficient (Wildman–Crippen LogP) is 5.95. The number of H-pyrrole nitrogens is 1. The summed E-state index contributed by atoms with van der Waals surface area (Å²) in [4.78, 5) is 37.5. The monoisotopic (exact) mass is 642 g/mol. The number of nitrogens with two attached hydrogens (primary N) is 1. The van der Waals surface area contributed by atoms with Gasteiger partial charge in [0.15, 0.2) is 0 Å². The van der Waals surface area contributed by atoms with E-state index in [0.29, 0.717) is 51.7 Å². The van der Waals surface area contributed by atoms with Crippen LogP contribution in [-0.2, 0) is 14.3 Å². The molecule has 0 saturated heterocycles. The molecule has 0 aliphatic carbocycles. The Morgan fingerprint density at radius 1 is 1.14 bits per heavy atom. The summed E-state index contributed by atoms with van der Waals surface area (Å²) in [5.74, 6) is 5.53. The van der Waals surface area contributed by atoms with Crippen molar-refractivity contribution in [2.75, 3.05) is 37.5 Å². The molecule has 1 aromatic heterocycles. The van der Waals surface area contributed by atoms with E-state index in [1.165, 1.54) is 19.5 Å². The average molecular weight is 644 g/mol. The van der Waals surface area contributed by atoms with Crippen LogP contribution >= 0.6 is 23.2 Å². The average Bonchev–Trinajstić information content (AvgIpc) is 3.39. The minimum Gasteiger partial charge on any atom is -0.447 e. The molecule has 3 aromatic rings. The van der Waals surface area contributed by atoms with Gasteiger partial charge in [0.2, 0.25) is 5.91 Å². The minimum absolute atomic E-state index is 0.146. The summed E-state index contributed by atoms with van der Waals surface area (Å²) in [6.07, 6.45) is 8.32. The van der Waals surface area contributed by atoms with Gasteiger partial charge in [0.1, 0.15) is 29.6 Å². The Kier molecular flexibility index (Phi) is 12.4. The lowest BCUT2D eigenvalue weighted by molar-refractivity contribution is -0.117. The number of benzene rings is 2. The van der Waals surface area contributed by atoms with Crippen molar-refractivity contribution in [1.82, 2.24) is 20.7 Å². The Balaban J connectivity index is 1.56. The largest absolute Gasteiger partial charge is 0.447 e. The lowest BCUT2D eigenvalue weighted by Crippen LogP contribution is -2.27. The van der Waals surface area contributed by atoms with E-state index < -0.39 is 12.1 Å². The van der Waals surface area contributed by atoms with E-state index in [4.69, 9.17) is 43.5 Å². The molecule has 1 aliphatic rings. The van der Waals surface area contributed by atoms with E-state index in [2.05, 4.69) is 31.4 Å². The maximum atomic E-state index is 13.1. The summed E-state index contributed by atoms with van der Waals surface area (Å²) in [6.45, 7) is 1.18. The van der Waals surface area contributed by atoms with E-state index in [-0.39, 0.29) is 12.5 Å². The van der Waals surface area contributed by atoms with Gasteiger partial charge in [-0.1, -0.05) is 42.5 Å². The van der Waals surface area contributed by atoms with E-state index >= 15 is 0 Å². The van der Waals surface area contributed by atoms with Gasteiger partial charge in [0, 0.05) is 47.3 Å². The summed E-state index contributed by atoms with van der Waals surface area (Å²) in [5, 5.41) is 10.1. The molecule has 14 heteroatoms. The number of fused-ring (bicyclic) bond motifs is 4. The highest BCUT2D eigenvalue weighted by molar-refractivity contribution is 6.32. The van der Waals surface area contributed by atoms with Crippen molar-refractivity contribution < 1.29 is 19.1 Å². The third kappa shape index (κ3) is 9.45. The predicted molar refractivity (Wildman–Crippen MR) is 174 cm³/mol.